The highest BCUT2D eigenvalue weighted by molar-refractivity contribution is 5.70. The van der Waals surface area contributed by atoms with Crippen LogP contribution in [0.3, 0.4) is 0 Å². The lowest BCUT2D eigenvalue weighted by molar-refractivity contribution is -0.870. The van der Waals surface area contributed by atoms with E-state index in [-0.39, 0.29) is 38.6 Å². The molecule has 0 aromatic heterocycles. The lowest BCUT2D eigenvalue weighted by Gasteiger charge is -2.26. The number of carboxylic acid groups (broad SMARTS) is 1. The molecule has 0 spiro atoms. The summed E-state index contributed by atoms with van der Waals surface area (Å²) in [5, 5.41) is 11.8. The lowest BCUT2D eigenvalue weighted by Crippen LogP contribution is -2.44. The predicted octanol–water partition coefficient (Wildman–Crippen LogP) is 18.7. The van der Waals surface area contributed by atoms with E-state index in [1.54, 1.807) is 0 Å². The summed E-state index contributed by atoms with van der Waals surface area (Å²) in [5.74, 6) is -2.30. The molecular formula is C72H121NO8. The highest BCUT2D eigenvalue weighted by Gasteiger charge is 2.22. The van der Waals surface area contributed by atoms with E-state index in [4.69, 9.17) is 18.9 Å². The quantitative estimate of drug-likeness (QED) is 0.0195. The molecule has 0 rings (SSSR count). The van der Waals surface area contributed by atoms with Crippen molar-refractivity contribution in [3.63, 3.8) is 0 Å². The zero-order valence-corrected chi connectivity index (χ0v) is 52.6. The van der Waals surface area contributed by atoms with Gasteiger partial charge >= 0.3 is 11.9 Å². The number of hydrogen-bond acceptors (Lipinski definition) is 8. The van der Waals surface area contributed by atoms with Gasteiger partial charge in [-0.25, -0.2) is 0 Å². The van der Waals surface area contributed by atoms with Gasteiger partial charge in [0.05, 0.1) is 40.3 Å². The molecule has 9 nitrogen and oxygen atoms in total. The van der Waals surface area contributed by atoms with Crippen molar-refractivity contribution in [3.05, 3.63) is 122 Å². The van der Waals surface area contributed by atoms with Crippen molar-refractivity contribution < 1.29 is 42.9 Å². The summed E-state index contributed by atoms with van der Waals surface area (Å²) in [6.07, 6.45) is 84.1. The van der Waals surface area contributed by atoms with Crippen molar-refractivity contribution in [1.29, 1.82) is 0 Å². The third-order valence-electron chi connectivity index (χ3n) is 13.7. The molecule has 0 aromatic rings. The van der Waals surface area contributed by atoms with Gasteiger partial charge < -0.3 is 33.3 Å². The Morgan fingerprint density at radius 2 is 0.704 bits per heavy atom. The first-order valence-corrected chi connectivity index (χ1v) is 32.7. The van der Waals surface area contributed by atoms with E-state index in [9.17, 15) is 19.5 Å². The van der Waals surface area contributed by atoms with E-state index in [2.05, 4.69) is 135 Å². The molecule has 0 fully saturated rings. The fraction of sp³-hybridized carbons (Fsp3) is 0.681. The summed E-state index contributed by atoms with van der Waals surface area (Å²) in [7, 11) is 5.92. The monoisotopic (exact) mass is 1130 g/mol. The molecule has 0 aliphatic rings. The van der Waals surface area contributed by atoms with Crippen molar-refractivity contribution in [1.82, 2.24) is 0 Å². The van der Waals surface area contributed by atoms with E-state index < -0.39 is 24.3 Å². The van der Waals surface area contributed by atoms with Crippen LogP contribution in [0.1, 0.15) is 258 Å². The first kappa shape index (κ1) is 76.7. The van der Waals surface area contributed by atoms with Crippen LogP contribution in [0, 0.1) is 0 Å². The summed E-state index contributed by atoms with van der Waals surface area (Å²) in [4.78, 5) is 37.4. The van der Waals surface area contributed by atoms with Crippen LogP contribution in [-0.4, -0.2) is 82.3 Å². The van der Waals surface area contributed by atoms with E-state index in [0.717, 1.165) is 109 Å². The van der Waals surface area contributed by atoms with Crippen molar-refractivity contribution in [2.75, 3.05) is 47.5 Å². The molecule has 0 aromatic carbocycles. The minimum absolute atomic E-state index is 0.142. The summed E-state index contributed by atoms with van der Waals surface area (Å²) < 4.78 is 22.7. The molecule has 0 saturated carbocycles. The molecule has 2 atom stereocenters. The Morgan fingerprint density at radius 3 is 1.05 bits per heavy atom. The van der Waals surface area contributed by atoms with Gasteiger partial charge in [0.25, 0.3) is 0 Å². The van der Waals surface area contributed by atoms with Crippen molar-refractivity contribution in [2.45, 2.75) is 270 Å². The number of rotatable bonds is 59. The van der Waals surface area contributed by atoms with Gasteiger partial charge in [-0.2, -0.15) is 0 Å². The van der Waals surface area contributed by atoms with E-state index in [1.165, 1.54) is 116 Å². The van der Waals surface area contributed by atoms with Crippen molar-refractivity contribution >= 4 is 17.9 Å². The molecule has 2 unspecified atom stereocenters. The van der Waals surface area contributed by atoms with Crippen LogP contribution in [0.15, 0.2) is 122 Å². The first-order chi connectivity index (χ1) is 39.6. The molecule has 0 aliphatic carbocycles. The number of aliphatic carboxylic acids is 1. The molecule has 9 heteroatoms. The average Bonchev–Trinajstić information content (AvgIpc) is 3.44. The number of unbranched alkanes of at least 4 members (excludes halogenated alkanes) is 24. The minimum atomic E-state index is -1.63. The summed E-state index contributed by atoms with van der Waals surface area (Å²) in [5.41, 5.74) is 0. The Kier molecular flexibility index (Phi) is 58.5. The van der Waals surface area contributed by atoms with Gasteiger partial charge in [0.15, 0.2) is 12.4 Å². The van der Waals surface area contributed by atoms with Crippen LogP contribution in [0.25, 0.3) is 0 Å². The van der Waals surface area contributed by atoms with Crippen LogP contribution in [0.2, 0.25) is 0 Å². The second-order valence-corrected chi connectivity index (χ2v) is 22.7. The summed E-state index contributed by atoms with van der Waals surface area (Å²) >= 11 is 0. The largest absolute Gasteiger partial charge is 0.545 e. The second-order valence-electron chi connectivity index (χ2n) is 22.7. The van der Waals surface area contributed by atoms with Crippen LogP contribution < -0.4 is 5.11 Å². The lowest BCUT2D eigenvalue weighted by atomic mass is 10.0. The number of carbonyl (C=O) groups is 3. The van der Waals surface area contributed by atoms with Crippen LogP contribution in [-0.2, 0) is 33.3 Å². The SMILES string of the molecule is CC/C=C\C/C=C\C/C=C\C/C=C\C/C=C\C/C=C\C/C=C\C/C=C\CCCCCCCCCCCCCCCCC(=O)OC(COC(=O)CCCCCCCCC/C=C\C/C=C\CCCCC)COC(OCC[N+](C)(C)C)C(=O)[O-]. The first-order valence-electron chi connectivity index (χ1n) is 32.7. The molecule has 81 heavy (non-hydrogen) atoms. The van der Waals surface area contributed by atoms with Gasteiger partial charge in [-0.15, -0.1) is 0 Å². The maximum Gasteiger partial charge on any atom is 0.306 e. The normalized spacial score (nSPS) is 13.5. The van der Waals surface area contributed by atoms with Crippen LogP contribution in [0.4, 0.5) is 0 Å². The standard InChI is InChI=1S/C72H121NO8/c1-6-8-10-12-14-16-18-20-22-24-25-26-27-28-29-30-31-32-33-34-35-36-37-38-39-40-41-42-43-44-45-47-49-51-53-55-57-59-61-63-70(75)81-68(67-80-72(71(76)77)78-65-64-73(3,4)5)66-79-69(74)62-60-58-56-54-52-50-48-46-23-21-19-17-15-13-11-9-7-2/h8,10,14-17,20-23,25-26,28-29,31-32,34-35,37-38,68,72H,6-7,9,11-13,18-19,24,27,30,33,36,39-67H2,1-5H3/b10-8-,16-14-,17-15-,22-20-,23-21-,26-25-,29-28-,32-31-,35-34-,38-37-. The number of hydrogen-bond donors (Lipinski definition) is 0. The molecule has 0 heterocycles. The fourth-order valence-corrected chi connectivity index (χ4v) is 8.70. The van der Waals surface area contributed by atoms with Gasteiger partial charge in [-0.05, 0) is 109 Å². The molecule has 0 saturated heterocycles. The van der Waals surface area contributed by atoms with Gasteiger partial charge in [0, 0.05) is 12.8 Å². The molecular weight excluding hydrogens is 1010 g/mol. The Balaban J connectivity index is 4.11. The Hall–Kier alpha value is -4.31. The zero-order chi connectivity index (χ0) is 59.1. The molecule has 0 radical (unpaired) electrons. The van der Waals surface area contributed by atoms with Gasteiger partial charge in [-0.1, -0.05) is 257 Å². The number of ether oxygens (including phenoxy) is 4. The maximum absolute atomic E-state index is 12.9. The van der Waals surface area contributed by atoms with Crippen LogP contribution >= 0.6 is 0 Å². The summed E-state index contributed by atoms with van der Waals surface area (Å²) in [6.45, 7) is 4.60. The highest BCUT2D eigenvalue weighted by Crippen LogP contribution is 2.16. The number of carboxylic acids is 1. The van der Waals surface area contributed by atoms with E-state index in [1.807, 2.05) is 21.1 Å². The van der Waals surface area contributed by atoms with Gasteiger partial charge in [-0.3, -0.25) is 9.59 Å². The third-order valence-corrected chi connectivity index (χ3v) is 13.7. The Labute approximate surface area is 497 Å². The molecule has 0 amide bonds. The molecule has 462 valence electrons. The number of nitrogens with zero attached hydrogens (tertiary/aromatic N) is 1. The maximum atomic E-state index is 12.9. The minimum Gasteiger partial charge on any atom is -0.545 e. The Morgan fingerprint density at radius 1 is 0.383 bits per heavy atom. The topological polar surface area (TPSA) is 111 Å². The van der Waals surface area contributed by atoms with Crippen molar-refractivity contribution in [3.8, 4) is 0 Å². The smallest absolute Gasteiger partial charge is 0.306 e. The second kappa shape index (κ2) is 61.8. The van der Waals surface area contributed by atoms with Gasteiger partial charge in [0.1, 0.15) is 13.2 Å². The van der Waals surface area contributed by atoms with E-state index in [0.29, 0.717) is 17.4 Å². The Bertz CT molecular complexity index is 1740. The molecule has 0 N–H and O–H groups in total. The zero-order valence-electron chi connectivity index (χ0n) is 52.6. The average molecular weight is 1130 g/mol. The summed E-state index contributed by atoms with van der Waals surface area (Å²) in [6, 6.07) is 0. The van der Waals surface area contributed by atoms with E-state index >= 15 is 0 Å². The fourth-order valence-electron chi connectivity index (χ4n) is 8.70. The van der Waals surface area contributed by atoms with Gasteiger partial charge in [0.2, 0.25) is 0 Å². The molecule has 0 bridgehead atoms. The number of likely N-dealkylation sites (N-methyl/N-ethyl adjacent to an activating group) is 1. The third kappa shape index (κ3) is 63.1. The number of allylic oxidation sites excluding steroid dienone is 20. The number of quaternary nitrogens is 1. The molecule has 0 aliphatic heterocycles. The van der Waals surface area contributed by atoms with Crippen LogP contribution in [0.5, 0.6) is 0 Å². The predicted molar refractivity (Wildman–Crippen MR) is 343 cm³/mol. The highest BCUT2D eigenvalue weighted by atomic mass is 16.7. The number of esters is 2. The number of carbonyl (C=O) groups excluding carboxylic acids is 3. The van der Waals surface area contributed by atoms with Crippen molar-refractivity contribution in [2.24, 2.45) is 0 Å².